The third-order valence-electron chi connectivity index (χ3n) is 2.49. The van der Waals surface area contributed by atoms with E-state index < -0.39 is 11.1 Å². The van der Waals surface area contributed by atoms with Crippen LogP contribution in [0.15, 0.2) is 0 Å². The van der Waals surface area contributed by atoms with E-state index in [-0.39, 0.29) is 0 Å². The summed E-state index contributed by atoms with van der Waals surface area (Å²) in [6.45, 7) is 3.07. The summed E-state index contributed by atoms with van der Waals surface area (Å²) in [4.78, 5) is 2.27. The van der Waals surface area contributed by atoms with Gasteiger partial charge in [0.25, 0.3) is 0 Å². The second kappa shape index (κ2) is 5.70. The molecule has 0 amide bonds. The van der Waals surface area contributed by atoms with Crippen LogP contribution in [-0.4, -0.2) is 52.1 Å². The van der Waals surface area contributed by atoms with Crippen LogP contribution >= 0.6 is 0 Å². The molecule has 1 saturated heterocycles. The van der Waals surface area contributed by atoms with Gasteiger partial charge >= 0.3 is 0 Å². The summed E-state index contributed by atoms with van der Waals surface area (Å²) in [7, 11) is 2.08. The third-order valence-corrected chi connectivity index (χ3v) is 3.13. The quantitative estimate of drug-likeness (QED) is 0.616. The maximum absolute atomic E-state index is 10.4. The van der Waals surface area contributed by atoms with E-state index in [1.807, 2.05) is 0 Å². The van der Waals surface area contributed by atoms with Gasteiger partial charge in [0, 0.05) is 12.6 Å². The van der Waals surface area contributed by atoms with Crippen molar-refractivity contribution in [3.63, 3.8) is 0 Å². The molecule has 4 nitrogen and oxygen atoms in total. The fraction of sp³-hybridized carbons (Fsp3) is 1.00. The van der Waals surface area contributed by atoms with Gasteiger partial charge in [0.05, 0.1) is 5.75 Å². The van der Waals surface area contributed by atoms with Crippen LogP contribution in [0.1, 0.15) is 12.8 Å². The molecule has 1 fully saturated rings. The van der Waals surface area contributed by atoms with E-state index in [1.165, 1.54) is 6.42 Å². The third kappa shape index (κ3) is 4.17. The summed E-state index contributed by atoms with van der Waals surface area (Å²) in [5.41, 5.74) is 0. The zero-order chi connectivity index (χ0) is 9.68. The van der Waals surface area contributed by atoms with Gasteiger partial charge in [-0.1, -0.05) is 0 Å². The van der Waals surface area contributed by atoms with E-state index >= 15 is 0 Å². The second-order valence-electron chi connectivity index (χ2n) is 3.51. The Bertz CT molecular complexity index is 172. The molecule has 0 radical (unpaired) electrons. The van der Waals surface area contributed by atoms with Crippen molar-refractivity contribution in [2.75, 3.05) is 32.4 Å². The van der Waals surface area contributed by atoms with Gasteiger partial charge in [-0.25, -0.2) is 4.21 Å². The van der Waals surface area contributed by atoms with Crippen LogP contribution in [0.4, 0.5) is 0 Å². The van der Waals surface area contributed by atoms with E-state index in [0.29, 0.717) is 11.8 Å². The molecule has 13 heavy (non-hydrogen) atoms. The van der Waals surface area contributed by atoms with Crippen LogP contribution in [0.25, 0.3) is 0 Å². The van der Waals surface area contributed by atoms with E-state index in [2.05, 4.69) is 17.3 Å². The van der Waals surface area contributed by atoms with E-state index in [9.17, 15) is 4.21 Å². The first-order chi connectivity index (χ1) is 6.20. The van der Waals surface area contributed by atoms with Crippen LogP contribution in [0.5, 0.6) is 0 Å². The monoisotopic (exact) mass is 206 g/mol. The average Bonchev–Trinajstić information content (AvgIpc) is 2.55. The van der Waals surface area contributed by atoms with Gasteiger partial charge in [0.2, 0.25) is 0 Å². The minimum atomic E-state index is -1.63. The molecule has 2 atom stereocenters. The van der Waals surface area contributed by atoms with E-state index in [4.69, 9.17) is 4.55 Å². The van der Waals surface area contributed by atoms with Crippen LogP contribution in [0, 0.1) is 0 Å². The second-order valence-corrected chi connectivity index (χ2v) is 4.56. The first-order valence-electron chi connectivity index (χ1n) is 4.68. The Morgan fingerprint density at radius 3 is 3.00 bits per heavy atom. The Morgan fingerprint density at radius 2 is 2.46 bits per heavy atom. The molecule has 0 aromatic carbocycles. The largest absolute Gasteiger partial charge is 0.315 e. The lowest BCUT2D eigenvalue weighted by Crippen LogP contribution is -2.34. The minimum Gasteiger partial charge on any atom is -0.315 e. The number of likely N-dealkylation sites (N-methyl/N-ethyl adjacent to an activating group) is 1. The summed E-state index contributed by atoms with van der Waals surface area (Å²) < 4.78 is 19.0. The van der Waals surface area contributed by atoms with Crippen molar-refractivity contribution in [1.82, 2.24) is 10.2 Å². The molecule has 78 valence electrons. The summed E-state index contributed by atoms with van der Waals surface area (Å²) in [6.07, 6.45) is 1.99. The smallest absolute Gasteiger partial charge is 0.152 e. The number of nitrogens with one attached hydrogen (secondary N) is 1. The minimum absolute atomic E-state index is 0.393. The summed E-state index contributed by atoms with van der Waals surface area (Å²) >= 11 is -1.63. The van der Waals surface area contributed by atoms with Crippen molar-refractivity contribution in [2.24, 2.45) is 0 Å². The van der Waals surface area contributed by atoms with Crippen molar-refractivity contribution in [1.29, 1.82) is 0 Å². The van der Waals surface area contributed by atoms with Gasteiger partial charge in [0.15, 0.2) is 11.1 Å². The number of hydrogen-bond donors (Lipinski definition) is 2. The first-order valence-corrected chi connectivity index (χ1v) is 5.96. The Balaban J connectivity index is 2.09. The summed E-state index contributed by atoms with van der Waals surface area (Å²) in [5, 5.41) is 3.30. The first kappa shape index (κ1) is 11.1. The predicted octanol–water partition coefficient (Wildman–Crippen LogP) is -0.108. The molecule has 0 aliphatic carbocycles. The van der Waals surface area contributed by atoms with Crippen LogP contribution < -0.4 is 5.32 Å². The molecular weight excluding hydrogens is 188 g/mol. The number of hydrogen-bond acceptors (Lipinski definition) is 3. The van der Waals surface area contributed by atoms with Gasteiger partial charge in [0.1, 0.15) is 0 Å². The van der Waals surface area contributed by atoms with E-state index in [0.717, 1.165) is 26.1 Å². The number of nitrogens with zero attached hydrogens (tertiary/aromatic N) is 1. The molecule has 0 aromatic rings. The highest BCUT2D eigenvalue weighted by Gasteiger charge is 2.18. The average molecular weight is 206 g/mol. The molecule has 5 heteroatoms. The maximum Gasteiger partial charge on any atom is 0.152 e. The predicted molar refractivity (Wildman–Crippen MR) is 54.2 cm³/mol. The lowest BCUT2D eigenvalue weighted by Gasteiger charge is -2.22. The van der Waals surface area contributed by atoms with Crippen molar-refractivity contribution < 1.29 is 8.76 Å². The normalized spacial score (nSPS) is 25.3. The molecule has 1 aliphatic heterocycles. The Morgan fingerprint density at radius 1 is 1.69 bits per heavy atom. The van der Waals surface area contributed by atoms with Gasteiger partial charge in [-0.05, 0) is 33.0 Å². The topological polar surface area (TPSA) is 52.6 Å². The van der Waals surface area contributed by atoms with Crippen molar-refractivity contribution in [3.8, 4) is 0 Å². The molecule has 0 aromatic heterocycles. The van der Waals surface area contributed by atoms with Crippen molar-refractivity contribution >= 4 is 11.1 Å². The summed E-state index contributed by atoms with van der Waals surface area (Å²) in [6, 6.07) is 0.618. The van der Waals surface area contributed by atoms with Crippen LogP contribution in [-0.2, 0) is 11.1 Å². The Labute approximate surface area is 82.0 Å². The molecule has 0 bridgehead atoms. The van der Waals surface area contributed by atoms with Gasteiger partial charge in [-0.2, -0.15) is 0 Å². The molecule has 2 N–H and O–H groups in total. The highest BCUT2D eigenvalue weighted by Crippen LogP contribution is 2.06. The van der Waals surface area contributed by atoms with Gasteiger partial charge in [-0.15, -0.1) is 0 Å². The number of rotatable bonds is 5. The SMILES string of the molecule is CN(CCCS(=O)O)C1CCNC1. The Kier molecular flexibility index (Phi) is 4.87. The van der Waals surface area contributed by atoms with E-state index in [1.54, 1.807) is 0 Å². The summed E-state index contributed by atoms with van der Waals surface area (Å²) in [5.74, 6) is 0.393. The lowest BCUT2D eigenvalue weighted by atomic mass is 10.2. The molecule has 2 unspecified atom stereocenters. The fourth-order valence-corrected chi connectivity index (χ4v) is 2.01. The molecule has 0 spiro atoms. The maximum atomic E-state index is 10.4. The Hall–Kier alpha value is 0.0300. The van der Waals surface area contributed by atoms with Gasteiger partial charge < -0.3 is 14.8 Å². The standard InChI is InChI=1S/C8H18N2O2S/c1-10(5-2-6-13(11)12)8-3-4-9-7-8/h8-9H,2-7H2,1H3,(H,11,12). The van der Waals surface area contributed by atoms with Crippen LogP contribution in [0.2, 0.25) is 0 Å². The van der Waals surface area contributed by atoms with Crippen LogP contribution in [0.3, 0.4) is 0 Å². The molecule has 1 aliphatic rings. The lowest BCUT2D eigenvalue weighted by molar-refractivity contribution is 0.258. The highest BCUT2D eigenvalue weighted by atomic mass is 32.2. The van der Waals surface area contributed by atoms with Crippen molar-refractivity contribution in [2.45, 2.75) is 18.9 Å². The fourth-order valence-electron chi connectivity index (χ4n) is 1.64. The molecule has 1 rings (SSSR count). The zero-order valence-electron chi connectivity index (χ0n) is 8.03. The zero-order valence-corrected chi connectivity index (χ0v) is 8.85. The molecular formula is C8H18N2O2S. The highest BCUT2D eigenvalue weighted by molar-refractivity contribution is 7.79. The van der Waals surface area contributed by atoms with Crippen molar-refractivity contribution in [3.05, 3.63) is 0 Å². The van der Waals surface area contributed by atoms with Gasteiger partial charge in [-0.3, -0.25) is 0 Å². The molecule has 0 saturated carbocycles. The molecule has 1 heterocycles.